The van der Waals surface area contributed by atoms with Crippen molar-refractivity contribution >= 4 is 11.9 Å². The lowest BCUT2D eigenvalue weighted by molar-refractivity contribution is -0.120. The molecule has 1 unspecified atom stereocenters. The zero-order chi connectivity index (χ0) is 11.3. The molecule has 0 aromatic carbocycles. The summed E-state index contributed by atoms with van der Waals surface area (Å²) < 4.78 is 0. The number of nitrogens with one attached hydrogen (secondary N) is 2. The molecule has 1 rings (SSSR count). The van der Waals surface area contributed by atoms with E-state index in [9.17, 15) is 9.59 Å². The van der Waals surface area contributed by atoms with Crippen molar-refractivity contribution < 1.29 is 9.59 Å². The van der Waals surface area contributed by atoms with Crippen LogP contribution in [0.3, 0.4) is 0 Å². The highest BCUT2D eigenvalue weighted by atomic mass is 16.2. The number of hydrogen-bond donors (Lipinski definition) is 3. The van der Waals surface area contributed by atoms with Gasteiger partial charge < -0.3 is 16.0 Å². The molecule has 0 aromatic rings. The molecule has 1 aliphatic heterocycles. The van der Waals surface area contributed by atoms with Crippen molar-refractivity contribution in [2.75, 3.05) is 26.7 Å². The maximum Gasteiger partial charge on any atom is 0.318 e. The summed E-state index contributed by atoms with van der Waals surface area (Å²) >= 11 is 0. The largest absolute Gasteiger partial charge is 0.351 e. The fraction of sp³-hybridized carbons (Fsp3) is 0.778. The highest BCUT2D eigenvalue weighted by Gasteiger charge is 2.19. The van der Waals surface area contributed by atoms with Gasteiger partial charge >= 0.3 is 6.03 Å². The van der Waals surface area contributed by atoms with Gasteiger partial charge in [-0.25, -0.2) is 4.79 Å². The van der Waals surface area contributed by atoms with E-state index >= 15 is 0 Å². The van der Waals surface area contributed by atoms with Crippen molar-refractivity contribution in [1.82, 2.24) is 15.5 Å². The number of nitrogens with two attached hydrogens (primary N) is 1. The van der Waals surface area contributed by atoms with Crippen LogP contribution in [-0.4, -0.2) is 49.6 Å². The topological polar surface area (TPSA) is 87.5 Å². The van der Waals surface area contributed by atoms with Crippen molar-refractivity contribution in [3.63, 3.8) is 0 Å². The van der Waals surface area contributed by atoms with Crippen LogP contribution in [0.2, 0.25) is 0 Å². The molecule has 0 bridgehead atoms. The van der Waals surface area contributed by atoms with Crippen molar-refractivity contribution in [2.24, 2.45) is 5.73 Å². The first kappa shape index (κ1) is 11.9. The first-order chi connectivity index (χ1) is 7.09. The minimum atomic E-state index is -0.787. The summed E-state index contributed by atoms with van der Waals surface area (Å²) in [6.07, 6.45) is 1.41. The number of amides is 3. The van der Waals surface area contributed by atoms with E-state index in [1.54, 1.807) is 0 Å². The average Bonchev–Trinajstić information content (AvgIpc) is 2.65. The third kappa shape index (κ3) is 4.26. The number of imide groups is 1. The number of primary amides is 1. The third-order valence-electron chi connectivity index (χ3n) is 2.61. The zero-order valence-electron chi connectivity index (χ0n) is 8.95. The minimum absolute atomic E-state index is 0.302. The van der Waals surface area contributed by atoms with E-state index in [0.29, 0.717) is 19.0 Å². The summed E-state index contributed by atoms with van der Waals surface area (Å²) in [6.45, 7) is 2.64. The highest BCUT2D eigenvalue weighted by molar-refractivity contribution is 5.93. The van der Waals surface area contributed by atoms with E-state index in [-0.39, 0.29) is 5.91 Å². The third-order valence-corrected chi connectivity index (χ3v) is 2.61. The number of carbonyl (C=O) groups is 2. The summed E-state index contributed by atoms with van der Waals surface area (Å²) in [5.74, 6) is -0.319. The Hall–Kier alpha value is -1.14. The van der Waals surface area contributed by atoms with Gasteiger partial charge in [-0.15, -0.1) is 0 Å². The second kappa shape index (κ2) is 5.67. The number of carbonyl (C=O) groups excluding carboxylic acids is 2. The van der Waals surface area contributed by atoms with E-state index < -0.39 is 6.03 Å². The van der Waals surface area contributed by atoms with Gasteiger partial charge in [0.25, 0.3) is 0 Å². The smallest absolute Gasteiger partial charge is 0.318 e. The number of hydrogen-bond acceptors (Lipinski definition) is 4. The zero-order valence-corrected chi connectivity index (χ0v) is 8.95. The molecular formula is C9H18N4O2. The van der Waals surface area contributed by atoms with Crippen LogP contribution in [0.4, 0.5) is 4.79 Å². The molecule has 3 amide bonds. The van der Waals surface area contributed by atoms with Crippen LogP contribution in [0.25, 0.3) is 0 Å². The van der Waals surface area contributed by atoms with Crippen molar-refractivity contribution in [1.29, 1.82) is 0 Å². The Morgan fingerprint density at radius 2 is 2.33 bits per heavy atom. The molecule has 1 heterocycles. The van der Waals surface area contributed by atoms with Gasteiger partial charge in [0.1, 0.15) is 0 Å². The van der Waals surface area contributed by atoms with Crippen molar-refractivity contribution in [3.8, 4) is 0 Å². The van der Waals surface area contributed by atoms with E-state index in [1.807, 2.05) is 12.4 Å². The molecule has 6 nitrogen and oxygen atoms in total. The molecule has 1 saturated heterocycles. The number of urea groups is 1. The normalized spacial score (nSPS) is 20.5. The molecule has 1 aliphatic rings. The van der Waals surface area contributed by atoms with Gasteiger partial charge in [-0.05, 0) is 20.0 Å². The number of likely N-dealkylation sites (N-methyl/N-ethyl adjacent to an activating group) is 1. The molecule has 0 spiro atoms. The van der Waals surface area contributed by atoms with Gasteiger partial charge in [-0.1, -0.05) is 0 Å². The highest BCUT2D eigenvalue weighted by Crippen LogP contribution is 2.05. The molecule has 0 aromatic heterocycles. The fourth-order valence-corrected chi connectivity index (χ4v) is 1.68. The summed E-state index contributed by atoms with van der Waals surface area (Å²) in [4.78, 5) is 23.6. The van der Waals surface area contributed by atoms with E-state index in [4.69, 9.17) is 5.73 Å². The Balaban J connectivity index is 2.18. The van der Waals surface area contributed by atoms with Gasteiger partial charge in [-0.2, -0.15) is 0 Å². The number of nitrogens with zero attached hydrogens (tertiary/aromatic N) is 1. The van der Waals surface area contributed by atoms with Crippen LogP contribution < -0.4 is 16.4 Å². The molecule has 15 heavy (non-hydrogen) atoms. The number of rotatable bonds is 4. The van der Waals surface area contributed by atoms with E-state index in [2.05, 4.69) is 10.2 Å². The van der Waals surface area contributed by atoms with Gasteiger partial charge in [0.05, 0.1) is 0 Å². The van der Waals surface area contributed by atoms with Crippen LogP contribution >= 0.6 is 0 Å². The summed E-state index contributed by atoms with van der Waals surface area (Å²) in [7, 11) is 1.98. The first-order valence-electron chi connectivity index (χ1n) is 5.10. The molecule has 0 saturated carbocycles. The SMILES string of the molecule is CN(CCC(=O)NC(N)=O)C1CCNC1. The van der Waals surface area contributed by atoms with Crippen LogP contribution in [0.15, 0.2) is 0 Å². The van der Waals surface area contributed by atoms with Crippen LogP contribution in [0.1, 0.15) is 12.8 Å². The van der Waals surface area contributed by atoms with E-state index in [0.717, 1.165) is 19.5 Å². The lowest BCUT2D eigenvalue weighted by atomic mass is 10.2. The average molecular weight is 214 g/mol. The molecular weight excluding hydrogens is 196 g/mol. The predicted molar refractivity (Wildman–Crippen MR) is 56.2 cm³/mol. The molecule has 6 heteroatoms. The van der Waals surface area contributed by atoms with Crippen LogP contribution in [0, 0.1) is 0 Å². The molecule has 86 valence electrons. The molecule has 1 atom stereocenters. The second-order valence-corrected chi connectivity index (χ2v) is 3.79. The van der Waals surface area contributed by atoms with Crippen LogP contribution in [0.5, 0.6) is 0 Å². The Morgan fingerprint density at radius 3 is 2.87 bits per heavy atom. The Labute approximate surface area is 89.2 Å². The van der Waals surface area contributed by atoms with Gasteiger partial charge in [0.15, 0.2) is 0 Å². The second-order valence-electron chi connectivity index (χ2n) is 3.79. The fourth-order valence-electron chi connectivity index (χ4n) is 1.68. The maximum atomic E-state index is 11.1. The van der Waals surface area contributed by atoms with Gasteiger partial charge in [0.2, 0.25) is 5.91 Å². The summed E-state index contributed by atoms with van der Waals surface area (Å²) in [6, 6.07) is -0.295. The van der Waals surface area contributed by atoms with Crippen LogP contribution in [-0.2, 0) is 4.79 Å². The summed E-state index contributed by atoms with van der Waals surface area (Å²) in [5.41, 5.74) is 4.83. The van der Waals surface area contributed by atoms with Gasteiger partial charge in [0, 0.05) is 25.6 Å². The van der Waals surface area contributed by atoms with E-state index in [1.165, 1.54) is 0 Å². The molecule has 0 aliphatic carbocycles. The molecule has 0 radical (unpaired) electrons. The maximum absolute atomic E-state index is 11.1. The monoisotopic (exact) mass is 214 g/mol. The van der Waals surface area contributed by atoms with Crippen molar-refractivity contribution in [3.05, 3.63) is 0 Å². The summed E-state index contributed by atoms with van der Waals surface area (Å²) in [5, 5.41) is 5.30. The Kier molecular flexibility index (Phi) is 4.51. The minimum Gasteiger partial charge on any atom is -0.351 e. The molecule has 4 N–H and O–H groups in total. The first-order valence-corrected chi connectivity index (χ1v) is 5.10. The van der Waals surface area contributed by atoms with Gasteiger partial charge in [-0.3, -0.25) is 10.1 Å². The standard InChI is InChI=1S/C9H18N4O2/c1-13(7-2-4-11-6-7)5-3-8(14)12-9(10)15/h7,11H,2-6H2,1H3,(H3,10,12,14,15). The Bertz CT molecular complexity index is 238. The lowest BCUT2D eigenvalue weighted by Crippen LogP contribution is -2.39. The Morgan fingerprint density at radius 1 is 1.60 bits per heavy atom. The quantitative estimate of drug-likeness (QED) is 0.552. The lowest BCUT2D eigenvalue weighted by Gasteiger charge is -2.22. The van der Waals surface area contributed by atoms with Crippen molar-refractivity contribution in [2.45, 2.75) is 18.9 Å². The predicted octanol–water partition coefficient (Wildman–Crippen LogP) is -1.13. The molecule has 1 fully saturated rings.